The van der Waals surface area contributed by atoms with E-state index in [1.807, 2.05) is 19.9 Å². The van der Waals surface area contributed by atoms with E-state index in [4.69, 9.17) is 0 Å². The molecule has 2 aromatic carbocycles. The standard InChI is InChI=1S/C19H21NO3S/c1-19(2)13-17(24(22,23)16-11-7-4-8-12-16)20(14-19)18(21)15-9-5-3-6-10-15/h3-12,17H,13-14H2,1-2H3/t17-/m1/s1. The average molecular weight is 343 g/mol. The van der Waals surface area contributed by atoms with Gasteiger partial charge in [-0.2, -0.15) is 0 Å². The van der Waals surface area contributed by atoms with Gasteiger partial charge in [0, 0.05) is 12.1 Å². The molecule has 1 atom stereocenters. The van der Waals surface area contributed by atoms with Crippen LogP contribution in [-0.4, -0.2) is 31.1 Å². The number of hydrogen-bond acceptors (Lipinski definition) is 3. The monoisotopic (exact) mass is 343 g/mol. The van der Waals surface area contributed by atoms with Crippen LogP contribution in [0.1, 0.15) is 30.6 Å². The first kappa shape index (κ1) is 16.7. The molecule has 24 heavy (non-hydrogen) atoms. The van der Waals surface area contributed by atoms with Crippen LogP contribution in [0, 0.1) is 5.41 Å². The van der Waals surface area contributed by atoms with Crippen LogP contribution in [0.2, 0.25) is 0 Å². The van der Waals surface area contributed by atoms with E-state index in [0.29, 0.717) is 18.5 Å². The molecule has 3 rings (SSSR count). The van der Waals surface area contributed by atoms with E-state index < -0.39 is 15.2 Å². The number of hydrogen-bond donors (Lipinski definition) is 0. The van der Waals surface area contributed by atoms with E-state index in [1.165, 1.54) is 4.90 Å². The fraction of sp³-hybridized carbons (Fsp3) is 0.316. The lowest BCUT2D eigenvalue weighted by atomic mass is 9.93. The predicted molar refractivity (Wildman–Crippen MR) is 93.3 cm³/mol. The Morgan fingerprint density at radius 3 is 2.12 bits per heavy atom. The van der Waals surface area contributed by atoms with Crippen molar-refractivity contribution in [3.8, 4) is 0 Å². The van der Waals surface area contributed by atoms with Crippen molar-refractivity contribution in [2.24, 2.45) is 5.41 Å². The molecule has 1 heterocycles. The van der Waals surface area contributed by atoms with Gasteiger partial charge in [-0.15, -0.1) is 0 Å². The molecule has 1 fully saturated rings. The van der Waals surface area contributed by atoms with Crippen LogP contribution in [0.15, 0.2) is 65.6 Å². The Bertz CT molecular complexity index is 829. The topological polar surface area (TPSA) is 54.5 Å². The summed E-state index contributed by atoms with van der Waals surface area (Å²) in [5.74, 6) is -0.231. The third-order valence-electron chi connectivity index (χ3n) is 4.38. The number of rotatable bonds is 3. The quantitative estimate of drug-likeness (QED) is 0.859. The fourth-order valence-electron chi connectivity index (χ4n) is 3.20. The number of amides is 1. The van der Waals surface area contributed by atoms with E-state index in [0.717, 1.165) is 0 Å². The third kappa shape index (κ3) is 3.08. The molecule has 4 nitrogen and oxygen atoms in total. The van der Waals surface area contributed by atoms with Crippen LogP contribution in [0.3, 0.4) is 0 Å². The summed E-state index contributed by atoms with van der Waals surface area (Å²) in [5.41, 5.74) is 0.278. The Labute approximate surface area is 143 Å². The summed E-state index contributed by atoms with van der Waals surface area (Å²) in [4.78, 5) is 14.7. The van der Waals surface area contributed by atoms with E-state index in [-0.39, 0.29) is 16.2 Å². The van der Waals surface area contributed by atoms with Crippen molar-refractivity contribution in [2.45, 2.75) is 30.5 Å². The van der Waals surface area contributed by atoms with Gasteiger partial charge in [-0.05, 0) is 36.1 Å². The molecule has 0 bridgehead atoms. The molecule has 1 aliphatic rings. The number of carbonyl (C=O) groups is 1. The fourth-order valence-corrected chi connectivity index (χ4v) is 5.23. The summed E-state index contributed by atoms with van der Waals surface area (Å²) in [6, 6.07) is 17.2. The molecule has 0 radical (unpaired) electrons. The van der Waals surface area contributed by atoms with Crippen molar-refractivity contribution >= 4 is 15.7 Å². The zero-order chi connectivity index (χ0) is 17.4. The molecule has 1 saturated heterocycles. The van der Waals surface area contributed by atoms with Gasteiger partial charge in [-0.25, -0.2) is 8.42 Å². The van der Waals surface area contributed by atoms with Gasteiger partial charge in [0.25, 0.3) is 5.91 Å². The van der Waals surface area contributed by atoms with Crippen LogP contribution in [0.25, 0.3) is 0 Å². The smallest absolute Gasteiger partial charge is 0.254 e. The van der Waals surface area contributed by atoms with Gasteiger partial charge in [0.2, 0.25) is 0 Å². The first-order valence-corrected chi connectivity index (χ1v) is 9.51. The van der Waals surface area contributed by atoms with Gasteiger partial charge >= 0.3 is 0 Å². The second-order valence-electron chi connectivity index (χ2n) is 6.98. The van der Waals surface area contributed by atoms with Gasteiger partial charge in [-0.3, -0.25) is 4.79 Å². The number of likely N-dealkylation sites (tertiary alicyclic amines) is 1. The van der Waals surface area contributed by atoms with Crippen molar-refractivity contribution in [3.05, 3.63) is 66.2 Å². The van der Waals surface area contributed by atoms with Crippen molar-refractivity contribution in [1.82, 2.24) is 4.90 Å². The number of nitrogens with zero attached hydrogens (tertiary/aromatic N) is 1. The van der Waals surface area contributed by atoms with Crippen LogP contribution < -0.4 is 0 Å². The minimum atomic E-state index is -3.61. The minimum absolute atomic E-state index is 0.231. The Kier molecular flexibility index (Phi) is 4.22. The Morgan fingerprint density at radius 1 is 1.00 bits per heavy atom. The summed E-state index contributed by atoms with van der Waals surface area (Å²) in [6.07, 6.45) is 0.433. The van der Waals surface area contributed by atoms with E-state index in [2.05, 4.69) is 0 Å². The Hall–Kier alpha value is -2.14. The lowest BCUT2D eigenvalue weighted by molar-refractivity contribution is 0.0761. The van der Waals surface area contributed by atoms with Crippen LogP contribution in [0.5, 0.6) is 0 Å². The highest BCUT2D eigenvalue weighted by molar-refractivity contribution is 7.92. The maximum atomic E-state index is 13.1. The zero-order valence-corrected chi connectivity index (χ0v) is 14.7. The third-order valence-corrected chi connectivity index (χ3v) is 6.45. The summed E-state index contributed by atoms with van der Waals surface area (Å²) in [7, 11) is -3.61. The maximum Gasteiger partial charge on any atom is 0.254 e. The molecule has 1 amide bonds. The number of carbonyl (C=O) groups excluding carboxylic acids is 1. The molecule has 1 aliphatic heterocycles. The van der Waals surface area contributed by atoms with Crippen molar-refractivity contribution in [3.63, 3.8) is 0 Å². The van der Waals surface area contributed by atoms with Crippen LogP contribution >= 0.6 is 0 Å². The van der Waals surface area contributed by atoms with Gasteiger partial charge in [0.05, 0.1) is 4.90 Å². The summed E-state index contributed by atoms with van der Waals surface area (Å²) in [6.45, 7) is 4.43. The van der Waals surface area contributed by atoms with E-state index in [9.17, 15) is 13.2 Å². The SMILES string of the molecule is CC1(C)C[C@@H](S(=O)(=O)c2ccccc2)N(C(=O)c2ccccc2)C1. The van der Waals surface area contributed by atoms with Gasteiger partial charge < -0.3 is 4.90 Å². The van der Waals surface area contributed by atoms with Crippen LogP contribution in [-0.2, 0) is 9.84 Å². The summed E-state index contributed by atoms with van der Waals surface area (Å²) < 4.78 is 26.1. The normalized spacial score (nSPS) is 20.1. The number of benzene rings is 2. The Balaban J connectivity index is 2.00. The summed E-state index contributed by atoms with van der Waals surface area (Å²) in [5, 5.41) is -0.831. The van der Waals surface area contributed by atoms with E-state index in [1.54, 1.807) is 54.6 Å². The first-order chi connectivity index (χ1) is 11.3. The number of sulfone groups is 1. The molecule has 2 aromatic rings. The first-order valence-electron chi connectivity index (χ1n) is 7.96. The molecule has 126 valence electrons. The predicted octanol–water partition coefficient (Wildman–Crippen LogP) is 3.36. The highest BCUT2D eigenvalue weighted by Gasteiger charge is 2.47. The maximum absolute atomic E-state index is 13.1. The molecular formula is C19H21NO3S. The zero-order valence-electron chi connectivity index (χ0n) is 13.8. The molecule has 0 N–H and O–H groups in total. The minimum Gasteiger partial charge on any atom is -0.321 e. The van der Waals surface area contributed by atoms with Crippen molar-refractivity contribution in [2.75, 3.05) is 6.54 Å². The highest BCUT2D eigenvalue weighted by atomic mass is 32.2. The van der Waals surface area contributed by atoms with Crippen LogP contribution in [0.4, 0.5) is 0 Å². The Morgan fingerprint density at radius 2 is 1.54 bits per heavy atom. The second-order valence-corrected chi connectivity index (χ2v) is 9.09. The molecule has 5 heteroatoms. The van der Waals surface area contributed by atoms with Crippen molar-refractivity contribution < 1.29 is 13.2 Å². The molecule has 0 saturated carbocycles. The van der Waals surface area contributed by atoms with E-state index >= 15 is 0 Å². The summed E-state index contributed by atoms with van der Waals surface area (Å²) >= 11 is 0. The van der Waals surface area contributed by atoms with Gasteiger partial charge in [0.1, 0.15) is 5.37 Å². The molecule has 0 unspecified atom stereocenters. The van der Waals surface area contributed by atoms with Gasteiger partial charge in [0.15, 0.2) is 9.84 Å². The molecule has 0 spiro atoms. The average Bonchev–Trinajstić information content (AvgIpc) is 2.92. The highest BCUT2D eigenvalue weighted by Crippen LogP contribution is 2.39. The molecule has 0 aromatic heterocycles. The van der Waals surface area contributed by atoms with Gasteiger partial charge in [-0.1, -0.05) is 50.2 Å². The van der Waals surface area contributed by atoms with Crippen molar-refractivity contribution in [1.29, 1.82) is 0 Å². The molecule has 0 aliphatic carbocycles. The largest absolute Gasteiger partial charge is 0.321 e. The lowest BCUT2D eigenvalue weighted by Gasteiger charge is -2.25. The molecular weight excluding hydrogens is 322 g/mol. The lowest BCUT2D eigenvalue weighted by Crippen LogP contribution is -2.40. The second kappa shape index (κ2) is 6.06.